The molecule has 1 aromatic rings. The number of benzene rings is 1. The van der Waals surface area contributed by atoms with Crippen molar-refractivity contribution in [1.29, 1.82) is 0 Å². The molecule has 2 aliphatic heterocycles. The topological polar surface area (TPSA) is 32.3 Å². The van der Waals surface area contributed by atoms with Crippen LogP contribution in [0.15, 0.2) is 18.2 Å². The Hall–Kier alpha value is -1.35. The molecule has 0 aliphatic carbocycles. The van der Waals surface area contributed by atoms with Crippen molar-refractivity contribution in [1.82, 2.24) is 5.32 Å². The number of hydrogen-bond acceptors (Lipinski definition) is 2. The molecule has 3 nitrogen and oxygen atoms in total. The molecule has 0 bridgehead atoms. The first-order chi connectivity index (χ1) is 10.9. The number of carbonyl (C=O) groups is 1. The zero-order chi connectivity index (χ0) is 16.6. The molecule has 0 spiro atoms. The smallest absolute Gasteiger partial charge is 0.232 e. The van der Waals surface area contributed by atoms with Crippen LogP contribution in [0.4, 0.5) is 5.69 Å². The molecule has 1 fully saturated rings. The molecular weight excluding hydrogens is 284 g/mol. The molecule has 2 heterocycles. The lowest BCUT2D eigenvalue weighted by molar-refractivity contribution is -0.126. The van der Waals surface area contributed by atoms with Crippen molar-refractivity contribution in [2.24, 2.45) is 11.3 Å². The van der Waals surface area contributed by atoms with Gasteiger partial charge < -0.3 is 10.2 Å². The lowest BCUT2D eigenvalue weighted by Crippen LogP contribution is -2.42. The van der Waals surface area contributed by atoms with Crippen molar-refractivity contribution in [2.45, 2.75) is 59.4 Å². The molecular formula is C20H30N2O. The number of amides is 1. The van der Waals surface area contributed by atoms with Gasteiger partial charge >= 0.3 is 0 Å². The Labute approximate surface area is 140 Å². The summed E-state index contributed by atoms with van der Waals surface area (Å²) < 4.78 is 0. The molecule has 126 valence electrons. The second kappa shape index (κ2) is 6.27. The quantitative estimate of drug-likeness (QED) is 0.905. The Balaban J connectivity index is 1.79. The molecule has 1 saturated heterocycles. The van der Waals surface area contributed by atoms with Crippen molar-refractivity contribution in [3.05, 3.63) is 29.3 Å². The first kappa shape index (κ1) is 16.5. The maximum Gasteiger partial charge on any atom is 0.232 e. The van der Waals surface area contributed by atoms with Gasteiger partial charge in [-0.3, -0.25) is 4.79 Å². The predicted molar refractivity (Wildman–Crippen MR) is 95.8 cm³/mol. The Kier molecular flexibility index (Phi) is 4.50. The molecule has 1 N–H and O–H groups in total. The highest BCUT2D eigenvalue weighted by molar-refractivity contribution is 5.99. The van der Waals surface area contributed by atoms with Gasteiger partial charge in [0.15, 0.2) is 0 Å². The summed E-state index contributed by atoms with van der Waals surface area (Å²) >= 11 is 0. The molecule has 1 amide bonds. The fourth-order valence-electron chi connectivity index (χ4n) is 3.90. The van der Waals surface area contributed by atoms with Crippen LogP contribution in [0.25, 0.3) is 0 Å². The van der Waals surface area contributed by atoms with E-state index in [9.17, 15) is 4.79 Å². The van der Waals surface area contributed by atoms with Crippen LogP contribution in [0.3, 0.4) is 0 Å². The Morgan fingerprint density at radius 1 is 1.26 bits per heavy atom. The largest absolute Gasteiger partial charge is 0.317 e. The Bertz CT molecular complexity index is 582. The fourth-order valence-corrected chi connectivity index (χ4v) is 3.90. The number of piperidine rings is 1. The van der Waals surface area contributed by atoms with Crippen LogP contribution in [0.5, 0.6) is 0 Å². The van der Waals surface area contributed by atoms with Gasteiger partial charge in [0.05, 0.1) is 0 Å². The van der Waals surface area contributed by atoms with Gasteiger partial charge in [0.1, 0.15) is 0 Å². The third-order valence-corrected chi connectivity index (χ3v) is 5.20. The highest BCUT2D eigenvalue weighted by Crippen LogP contribution is 2.36. The SMILES string of the molecule is CC1Cc2cc(CC3CCNCC3)ccc2N1C(=O)C(C)(C)C. The average molecular weight is 314 g/mol. The van der Waals surface area contributed by atoms with E-state index in [0.29, 0.717) is 0 Å². The van der Waals surface area contributed by atoms with Crippen LogP contribution in [-0.4, -0.2) is 25.0 Å². The zero-order valence-corrected chi connectivity index (χ0v) is 15.0. The number of nitrogens with zero attached hydrogens (tertiary/aromatic N) is 1. The van der Waals surface area contributed by atoms with E-state index in [-0.39, 0.29) is 17.4 Å². The molecule has 3 rings (SSSR count). The second-order valence-electron chi connectivity index (χ2n) is 8.34. The summed E-state index contributed by atoms with van der Waals surface area (Å²) in [6.45, 7) is 10.5. The van der Waals surface area contributed by atoms with Crippen molar-refractivity contribution >= 4 is 11.6 Å². The van der Waals surface area contributed by atoms with Crippen LogP contribution in [0, 0.1) is 11.3 Å². The zero-order valence-electron chi connectivity index (χ0n) is 15.0. The maximum absolute atomic E-state index is 12.8. The number of rotatable bonds is 2. The van der Waals surface area contributed by atoms with E-state index in [4.69, 9.17) is 0 Å². The molecule has 2 aliphatic rings. The van der Waals surface area contributed by atoms with E-state index in [1.165, 1.54) is 30.4 Å². The fraction of sp³-hybridized carbons (Fsp3) is 0.650. The summed E-state index contributed by atoms with van der Waals surface area (Å²) in [7, 11) is 0. The first-order valence-corrected chi connectivity index (χ1v) is 9.02. The number of fused-ring (bicyclic) bond motifs is 1. The number of carbonyl (C=O) groups excluding carboxylic acids is 1. The Morgan fingerprint density at radius 2 is 1.96 bits per heavy atom. The number of hydrogen-bond donors (Lipinski definition) is 1. The lowest BCUT2D eigenvalue weighted by atomic mass is 9.90. The van der Waals surface area contributed by atoms with Crippen LogP contribution in [0.1, 0.15) is 51.7 Å². The minimum absolute atomic E-state index is 0.231. The highest BCUT2D eigenvalue weighted by atomic mass is 16.2. The van der Waals surface area contributed by atoms with Crippen LogP contribution in [0.2, 0.25) is 0 Å². The molecule has 3 heteroatoms. The molecule has 1 unspecified atom stereocenters. The average Bonchev–Trinajstić information content (AvgIpc) is 2.81. The predicted octanol–water partition coefficient (Wildman–Crippen LogP) is 3.55. The highest BCUT2D eigenvalue weighted by Gasteiger charge is 2.36. The second-order valence-corrected chi connectivity index (χ2v) is 8.34. The van der Waals surface area contributed by atoms with Crippen molar-refractivity contribution < 1.29 is 4.79 Å². The lowest BCUT2D eigenvalue weighted by Gasteiger charge is -2.30. The summed E-state index contributed by atoms with van der Waals surface area (Å²) in [5, 5.41) is 3.44. The van der Waals surface area contributed by atoms with E-state index in [1.54, 1.807) is 0 Å². The summed E-state index contributed by atoms with van der Waals surface area (Å²) in [4.78, 5) is 14.8. The number of anilines is 1. The van der Waals surface area contributed by atoms with Gasteiger partial charge in [-0.25, -0.2) is 0 Å². The van der Waals surface area contributed by atoms with E-state index in [1.807, 2.05) is 25.7 Å². The van der Waals surface area contributed by atoms with E-state index < -0.39 is 0 Å². The van der Waals surface area contributed by atoms with Crippen molar-refractivity contribution in [3.63, 3.8) is 0 Å². The van der Waals surface area contributed by atoms with Gasteiger partial charge in [0, 0.05) is 17.1 Å². The van der Waals surface area contributed by atoms with Crippen molar-refractivity contribution in [3.8, 4) is 0 Å². The summed E-state index contributed by atoms with van der Waals surface area (Å²) in [5.41, 5.74) is 3.59. The summed E-state index contributed by atoms with van der Waals surface area (Å²) in [6, 6.07) is 7.04. The third kappa shape index (κ3) is 3.45. The van der Waals surface area contributed by atoms with Crippen LogP contribution in [-0.2, 0) is 17.6 Å². The minimum Gasteiger partial charge on any atom is -0.317 e. The van der Waals surface area contributed by atoms with Gasteiger partial charge in [-0.2, -0.15) is 0 Å². The van der Waals surface area contributed by atoms with Gasteiger partial charge in [-0.15, -0.1) is 0 Å². The monoisotopic (exact) mass is 314 g/mol. The molecule has 23 heavy (non-hydrogen) atoms. The van der Waals surface area contributed by atoms with Crippen molar-refractivity contribution in [2.75, 3.05) is 18.0 Å². The first-order valence-electron chi connectivity index (χ1n) is 9.02. The van der Waals surface area contributed by atoms with E-state index >= 15 is 0 Å². The maximum atomic E-state index is 12.8. The van der Waals surface area contributed by atoms with Gasteiger partial charge in [0.2, 0.25) is 5.91 Å². The molecule has 0 saturated carbocycles. The molecule has 1 atom stereocenters. The molecule has 0 radical (unpaired) electrons. The molecule has 0 aromatic heterocycles. The summed E-state index contributed by atoms with van der Waals surface area (Å²) in [5.74, 6) is 1.04. The molecule has 1 aromatic carbocycles. The standard InChI is InChI=1S/C20H30N2O/c1-14-11-17-13-16(12-15-7-9-21-10-8-15)5-6-18(17)22(14)19(23)20(2,3)4/h5-6,13-15,21H,7-12H2,1-4H3. The minimum atomic E-state index is -0.330. The van der Waals surface area contributed by atoms with Gasteiger partial charge in [-0.1, -0.05) is 32.9 Å². The number of nitrogens with one attached hydrogen (secondary N) is 1. The summed E-state index contributed by atoms with van der Waals surface area (Å²) in [6.07, 6.45) is 4.72. The van der Waals surface area contributed by atoms with Gasteiger partial charge in [-0.05, 0) is 68.8 Å². The van der Waals surface area contributed by atoms with E-state index in [0.717, 1.165) is 31.1 Å². The van der Waals surface area contributed by atoms with E-state index in [2.05, 4.69) is 30.4 Å². The third-order valence-electron chi connectivity index (χ3n) is 5.20. The normalized spacial score (nSPS) is 22.3. The van der Waals surface area contributed by atoms with Gasteiger partial charge in [0.25, 0.3) is 0 Å². The van der Waals surface area contributed by atoms with Crippen LogP contribution >= 0.6 is 0 Å². The van der Waals surface area contributed by atoms with Crippen LogP contribution < -0.4 is 10.2 Å². The Morgan fingerprint density at radius 3 is 2.61 bits per heavy atom.